The van der Waals surface area contributed by atoms with Gasteiger partial charge in [0.1, 0.15) is 0 Å². The van der Waals surface area contributed by atoms with E-state index in [1.807, 2.05) is 0 Å². The summed E-state index contributed by atoms with van der Waals surface area (Å²) in [7, 11) is -3.00. The fourth-order valence-electron chi connectivity index (χ4n) is 2.31. The first-order valence-electron chi connectivity index (χ1n) is 7.17. The van der Waals surface area contributed by atoms with Crippen LogP contribution in [0.1, 0.15) is 46.5 Å². The molecule has 0 aromatic rings. The van der Waals surface area contributed by atoms with Crippen molar-refractivity contribution in [2.75, 3.05) is 25.4 Å². The van der Waals surface area contributed by atoms with Crippen LogP contribution in [0, 0.1) is 5.92 Å². The lowest BCUT2D eigenvalue weighted by molar-refractivity contribution is 0.450. The van der Waals surface area contributed by atoms with Crippen LogP contribution in [0.3, 0.4) is 0 Å². The molecule has 0 amide bonds. The van der Waals surface area contributed by atoms with Gasteiger partial charge in [0.15, 0.2) is 0 Å². The zero-order valence-corrected chi connectivity index (χ0v) is 12.8. The average Bonchev–Trinajstić information content (AvgIpc) is 2.77. The van der Waals surface area contributed by atoms with E-state index in [0.29, 0.717) is 17.7 Å². The van der Waals surface area contributed by atoms with Crippen molar-refractivity contribution in [3.8, 4) is 0 Å². The van der Waals surface area contributed by atoms with E-state index in [0.717, 1.165) is 45.3 Å². The van der Waals surface area contributed by atoms with Gasteiger partial charge in [0.05, 0.1) is 5.75 Å². The van der Waals surface area contributed by atoms with Gasteiger partial charge in [-0.15, -0.1) is 0 Å². The van der Waals surface area contributed by atoms with Crippen molar-refractivity contribution in [2.45, 2.75) is 52.5 Å². The maximum atomic E-state index is 12.1. The first kappa shape index (κ1) is 15.9. The zero-order valence-electron chi connectivity index (χ0n) is 12.0. The highest BCUT2D eigenvalue weighted by atomic mass is 32.2. The van der Waals surface area contributed by atoms with Gasteiger partial charge in [0.2, 0.25) is 10.0 Å². The molecule has 1 rings (SSSR count). The summed E-state index contributed by atoms with van der Waals surface area (Å²) in [4.78, 5) is 0. The Morgan fingerprint density at radius 1 is 1.33 bits per heavy atom. The van der Waals surface area contributed by atoms with Crippen molar-refractivity contribution in [2.24, 2.45) is 5.92 Å². The summed E-state index contributed by atoms with van der Waals surface area (Å²) in [6, 6.07) is 0.477. The minimum absolute atomic E-state index is 0.309. The van der Waals surface area contributed by atoms with Gasteiger partial charge in [-0.3, -0.25) is 0 Å². The van der Waals surface area contributed by atoms with Crippen LogP contribution in [0.15, 0.2) is 0 Å². The summed E-state index contributed by atoms with van der Waals surface area (Å²) in [6.07, 6.45) is 3.81. The largest absolute Gasteiger partial charge is 0.315 e. The van der Waals surface area contributed by atoms with Gasteiger partial charge in [-0.2, -0.15) is 0 Å². The van der Waals surface area contributed by atoms with E-state index < -0.39 is 10.0 Å². The molecule has 1 aliphatic heterocycles. The fraction of sp³-hybridized carbons (Fsp3) is 1.00. The van der Waals surface area contributed by atoms with Crippen LogP contribution < -0.4 is 5.32 Å². The van der Waals surface area contributed by atoms with E-state index in [-0.39, 0.29) is 0 Å². The van der Waals surface area contributed by atoms with Crippen LogP contribution in [0.4, 0.5) is 0 Å². The number of hydrogen-bond acceptors (Lipinski definition) is 3. The van der Waals surface area contributed by atoms with E-state index in [2.05, 4.69) is 26.1 Å². The van der Waals surface area contributed by atoms with E-state index in [4.69, 9.17) is 0 Å². The average molecular weight is 276 g/mol. The smallest absolute Gasteiger partial charge is 0.214 e. The number of sulfonamides is 1. The van der Waals surface area contributed by atoms with Crippen molar-refractivity contribution in [1.29, 1.82) is 0 Å². The molecule has 0 spiro atoms. The van der Waals surface area contributed by atoms with Crippen molar-refractivity contribution in [3.63, 3.8) is 0 Å². The van der Waals surface area contributed by atoms with Crippen molar-refractivity contribution >= 4 is 10.0 Å². The number of nitrogens with one attached hydrogen (secondary N) is 1. The van der Waals surface area contributed by atoms with Crippen molar-refractivity contribution in [3.05, 3.63) is 0 Å². The molecule has 0 bridgehead atoms. The molecule has 1 N–H and O–H groups in total. The Labute approximate surface area is 112 Å². The lowest BCUT2D eigenvalue weighted by Gasteiger charge is -2.16. The number of unbranched alkanes of at least 4 members (excludes halogenated alkanes) is 1. The second kappa shape index (κ2) is 7.46. The molecular weight excluding hydrogens is 248 g/mol. The second-order valence-electron chi connectivity index (χ2n) is 5.55. The quantitative estimate of drug-likeness (QED) is 0.688. The highest BCUT2D eigenvalue weighted by molar-refractivity contribution is 7.89. The SMILES string of the molecule is CCC1CCN(S(=O)(=O)CCCCNC(C)C)C1. The van der Waals surface area contributed by atoms with Crippen LogP contribution in [0.2, 0.25) is 0 Å². The van der Waals surface area contributed by atoms with Crippen LogP contribution in [-0.4, -0.2) is 44.2 Å². The Balaban J connectivity index is 2.24. The molecule has 0 saturated carbocycles. The maximum absolute atomic E-state index is 12.1. The number of rotatable bonds is 8. The highest BCUT2D eigenvalue weighted by Crippen LogP contribution is 2.22. The molecule has 0 aliphatic carbocycles. The molecule has 1 atom stereocenters. The zero-order chi connectivity index (χ0) is 13.6. The third-order valence-electron chi connectivity index (χ3n) is 3.60. The standard InChI is InChI=1S/C13H28N2O2S/c1-4-13-7-9-15(11-13)18(16,17)10-6-5-8-14-12(2)3/h12-14H,4-11H2,1-3H3. The molecule has 1 fully saturated rings. The maximum Gasteiger partial charge on any atom is 0.214 e. The van der Waals surface area contributed by atoms with Gasteiger partial charge in [0, 0.05) is 19.1 Å². The van der Waals surface area contributed by atoms with E-state index in [1.54, 1.807) is 4.31 Å². The van der Waals surface area contributed by atoms with Crippen LogP contribution >= 0.6 is 0 Å². The fourth-order valence-corrected chi connectivity index (χ4v) is 3.96. The van der Waals surface area contributed by atoms with E-state index in [9.17, 15) is 8.42 Å². The Bertz CT molecular complexity index is 328. The highest BCUT2D eigenvalue weighted by Gasteiger charge is 2.29. The normalized spacial score (nSPS) is 21.9. The van der Waals surface area contributed by atoms with Gasteiger partial charge in [0.25, 0.3) is 0 Å². The van der Waals surface area contributed by atoms with Crippen LogP contribution in [0.25, 0.3) is 0 Å². The summed E-state index contributed by atoms with van der Waals surface area (Å²) in [5.41, 5.74) is 0. The Morgan fingerprint density at radius 2 is 2.06 bits per heavy atom. The Hall–Kier alpha value is -0.130. The molecule has 4 nitrogen and oxygen atoms in total. The van der Waals surface area contributed by atoms with Crippen molar-refractivity contribution in [1.82, 2.24) is 9.62 Å². The number of hydrogen-bond donors (Lipinski definition) is 1. The van der Waals surface area contributed by atoms with Gasteiger partial charge in [-0.1, -0.05) is 27.2 Å². The monoisotopic (exact) mass is 276 g/mol. The minimum atomic E-state index is -3.00. The first-order valence-corrected chi connectivity index (χ1v) is 8.77. The van der Waals surface area contributed by atoms with E-state index in [1.165, 1.54) is 0 Å². The second-order valence-corrected chi connectivity index (χ2v) is 7.64. The van der Waals surface area contributed by atoms with Crippen LogP contribution in [0.5, 0.6) is 0 Å². The molecule has 0 radical (unpaired) electrons. The molecule has 1 unspecified atom stereocenters. The predicted octanol–water partition coefficient (Wildman–Crippen LogP) is 1.83. The van der Waals surface area contributed by atoms with Gasteiger partial charge < -0.3 is 5.32 Å². The van der Waals surface area contributed by atoms with Crippen LogP contribution in [-0.2, 0) is 10.0 Å². The molecule has 1 heterocycles. The topological polar surface area (TPSA) is 49.4 Å². The molecule has 0 aromatic carbocycles. The summed E-state index contributed by atoms with van der Waals surface area (Å²) in [6.45, 7) is 8.72. The molecule has 1 aliphatic rings. The predicted molar refractivity (Wildman–Crippen MR) is 76.1 cm³/mol. The summed E-state index contributed by atoms with van der Waals surface area (Å²) >= 11 is 0. The lowest BCUT2D eigenvalue weighted by atomic mass is 10.1. The Morgan fingerprint density at radius 3 is 2.61 bits per heavy atom. The summed E-state index contributed by atoms with van der Waals surface area (Å²) in [5, 5.41) is 3.31. The van der Waals surface area contributed by atoms with Gasteiger partial charge >= 0.3 is 0 Å². The molecule has 1 saturated heterocycles. The molecule has 5 heteroatoms. The summed E-state index contributed by atoms with van der Waals surface area (Å²) in [5.74, 6) is 0.880. The van der Waals surface area contributed by atoms with Gasteiger partial charge in [-0.25, -0.2) is 12.7 Å². The van der Waals surface area contributed by atoms with Crippen molar-refractivity contribution < 1.29 is 8.42 Å². The Kier molecular flexibility index (Phi) is 6.60. The van der Waals surface area contributed by atoms with E-state index >= 15 is 0 Å². The van der Waals surface area contributed by atoms with Gasteiger partial charge in [-0.05, 0) is 31.7 Å². The molecule has 108 valence electrons. The minimum Gasteiger partial charge on any atom is -0.315 e. The third-order valence-corrected chi connectivity index (χ3v) is 5.52. The first-order chi connectivity index (χ1) is 8.45. The lowest BCUT2D eigenvalue weighted by Crippen LogP contribution is -2.31. The summed E-state index contributed by atoms with van der Waals surface area (Å²) < 4.78 is 25.9. The molecule has 18 heavy (non-hydrogen) atoms. The third kappa shape index (κ3) is 5.24. The number of nitrogens with zero attached hydrogens (tertiary/aromatic N) is 1. The molecular formula is C13H28N2O2S. The molecule has 0 aromatic heterocycles.